The van der Waals surface area contributed by atoms with Crippen LogP contribution in [-0.2, 0) is 16.6 Å². The normalized spacial score (nSPS) is 15.7. The number of aromatic nitrogens is 1. The van der Waals surface area contributed by atoms with Gasteiger partial charge in [0.1, 0.15) is 22.3 Å². The molecule has 4 nitrogen and oxygen atoms in total. The molecule has 0 unspecified atom stereocenters. The van der Waals surface area contributed by atoms with Crippen molar-refractivity contribution in [2.75, 3.05) is 13.1 Å². The number of nitrogens with zero attached hydrogens (tertiary/aromatic N) is 2. The molecular formula is C27H25F3N2O2S. The first kappa shape index (κ1) is 23.6. The van der Waals surface area contributed by atoms with Crippen molar-refractivity contribution in [3.8, 4) is 0 Å². The fourth-order valence-electron chi connectivity index (χ4n) is 5.20. The van der Waals surface area contributed by atoms with Crippen LogP contribution in [0.15, 0.2) is 71.6 Å². The predicted molar refractivity (Wildman–Crippen MR) is 129 cm³/mol. The molecule has 0 amide bonds. The zero-order valence-electron chi connectivity index (χ0n) is 19.2. The average Bonchev–Trinajstić information content (AvgIpc) is 3.10. The van der Waals surface area contributed by atoms with Gasteiger partial charge in [0.2, 0.25) is 10.0 Å². The highest BCUT2D eigenvalue weighted by Gasteiger charge is 2.33. The van der Waals surface area contributed by atoms with Crippen LogP contribution < -0.4 is 0 Å². The molecule has 182 valence electrons. The summed E-state index contributed by atoms with van der Waals surface area (Å²) in [4.78, 5) is -0.500. The Labute approximate surface area is 202 Å². The predicted octanol–water partition coefficient (Wildman–Crippen LogP) is 5.98. The minimum absolute atomic E-state index is 0.123. The molecule has 1 fully saturated rings. The Morgan fingerprint density at radius 2 is 1.60 bits per heavy atom. The van der Waals surface area contributed by atoms with Crippen LogP contribution in [0.1, 0.15) is 35.6 Å². The Morgan fingerprint density at radius 3 is 2.31 bits per heavy atom. The van der Waals surface area contributed by atoms with Gasteiger partial charge in [-0.3, -0.25) is 0 Å². The van der Waals surface area contributed by atoms with Crippen molar-refractivity contribution in [3.05, 3.63) is 101 Å². The Kier molecular flexibility index (Phi) is 6.19. The quantitative estimate of drug-likeness (QED) is 0.340. The molecule has 0 radical (unpaired) electrons. The second-order valence-corrected chi connectivity index (χ2v) is 10.9. The Hall–Kier alpha value is -3.10. The molecule has 1 aliphatic heterocycles. The third-order valence-corrected chi connectivity index (χ3v) is 8.82. The van der Waals surface area contributed by atoms with Crippen molar-refractivity contribution in [3.63, 3.8) is 0 Å². The van der Waals surface area contributed by atoms with E-state index in [1.807, 2.05) is 31.2 Å². The molecule has 0 atom stereocenters. The Balaban J connectivity index is 1.43. The Bertz CT molecular complexity index is 1510. The van der Waals surface area contributed by atoms with Crippen LogP contribution in [-0.4, -0.2) is 30.4 Å². The van der Waals surface area contributed by atoms with Crippen LogP contribution in [0.2, 0.25) is 0 Å². The van der Waals surface area contributed by atoms with Gasteiger partial charge in [-0.05, 0) is 67.1 Å². The number of benzene rings is 3. The molecular weight excluding hydrogens is 473 g/mol. The van der Waals surface area contributed by atoms with Gasteiger partial charge in [-0.1, -0.05) is 30.3 Å². The van der Waals surface area contributed by atoms with E-state index < -0.39 is 26.6 Å². The zero-order valence-corrected chi connectivity index (χ0v) is 20.0. The molecule has 0 spiro atoms. The third kappa shape index (κ3) is 4.36. The van der Waals surface area contributed by atoms with Crippen LogP contribution in [0.25, 0.3) is 10.9 Å². The van der Waals surface area contributed by atoms with Gasteiger partial charge < -0.3 is 4.57 Å². The topological polar surface area (TPSA) is 42.3 Å². The van der Waals surface area contributed by atoms with E-state index in [4.69, 9.17) is 0 Å². The summed E-state index contributed by atoms with van der Waals surface area (Å²) in [6.45, 7) is 3.06. The van der Waals surface area contributed by atoms with Crippen molar-refractivity contribution in [2.45, 2.75) is 37.1 Å². The highest BCUT2D eigenvalue weighted by Crippen LogP contribution is 2.39. The van der Waals surface area contributed by atoms with Crippen LogP contribution >= 0.6 is 0 Å². The molecule has 3 aromatic carbocycles. The van der Waals surface area contributed by atoms with E-state index in [0.717, 1.165) is 34.3 Å². The van der Waals surface area contributed by atoms with Gasteiger partial charge in [-0.15, -0.1) is 0 Å². The summed E-state index contributed by atoms with van der Waals surface area (Å²) in [6.07, 6.45) is 1.16. The maximum atomic E-state index is 14.2. The molecule has 1 aromatic heterocycles. The van der Waals surface area contributed by atoms with Crippen molar-refractivity contribution in [2.24, 2.45) is 0 Å². The standard InChI is InChI=1S/C27H25F3N2O2S/c1-18-27(23-7-2-3-8-25(23)32(18)17-19-5-4-6-21(28)15-19)20-11-13-31(14-12-20)35(33,34)26-10-9-22(29)16-24(26)30/h2-10,15-16,20H,11-14,17H2,1H3. The third-order valence-electron chi connectivity index (χ3n) is 6.88. The van der Waals surface area contributed by atoms with Gasteiger partial charge in [0.05, 0.1) is 0 Å². The lowest BCUT2D eigenvalue weighted by atomic mass is 9.88. The van der Waals surface area contributed by atoms with Gasteiger partial charge in [0, 0.05) is 42.3 Å². The number of rotatable bonds is 5. The number of hydrogen-bond donors (Lipinski definition) is 0. The summed E-state index contributed by atoms with van der Waals surface area (Å²) in [5.41, 5.74) is 4.15. The van der Waals surface area contributed by atoms with Gasteiger partial charge in [0.15, 0.2) is 0 Å². The number of halogens is 3. The van der Waals surface area contributed by atoms with Crippen LogP contribution in [0.4, 0.5) is 13.2 Å². The first-order valence-corrected chi connectivity index (χ1v) is 13.0. The minimum atomic E-state index is -4.06. The fourth-order valence-corrected chi connectivity index (χ4v) is 6.72. The monoisotopic (exact) mass is 498 g/mol. The molecule has 5 rings (SSSR count). The fraction of sp³-hybridized carbons (Fsp3) is 0.259. The lowest BCUT2D eigenvalue weighted by Gasteiger charge is -2.31. The minimum Gasteiger partial charge on any atom is -0.340 e. The molecule has 0 bridgehead atoms. The van der Waals surface area contributed by atoms with E-state index in [2.05, 4.69) is 10.6 Å². The maximum absolute atomic E-state index is 14.2. The van der Waals surface area contributed by atoms with E-state index in [0.29, 0.717) is 25.5 Å². The summed E-state index contributed by atoms with van der Waals surface area (Å²) in [5.74, 6) is -2.05. The first-order valence-electron chi connectivity index (χ1n) is 11.5. The second kappa shape index (κ2) is 9.17. The molecule has 0 N–H and O–H groups in total. The molecule has 1 aliphatic rings. The average molecular weight is 499 g/mol. The highest BCUT2D eigenvalue weighted by atomic mass is 32.2. The molecule has 2 heterocycles. The number of hydrogen-bond acceptors (Lipinski definition) is 2. The molecule has 0 saturated carbocycles. The van der Waals surface area contributed by atoms with Gasteiger partial charge in [-0.2, -0.15) is 4.31 Å². The molecule has 1 saturated heterocycles. The van der Waals surface area contributed by atoms with Gasteiger partial charge >= 0.3 is 0 Å². The van der Waals surface area contributed by atoms with Crippen molar-refractivity contribution < 1.29 is 21.6 Å². The summed E-state index contributed by atoms with van der Waals surface area (Å²) in [5, 5.41) is 1.10. The molecule has 8 heteroatoms. The first-order chi connectivity index (χ1) is 16.8. The number of para-hydroxylation sites is 1. The van der Waals surface area contributed by atoms with Crippen LogP contribution in [0.3, 0.4) is 0 Å². The number of sulfonamides is 1. The van der Waals surface area contributed by atoms with Crippen LogP contribution in [0, 0.1) is 24.4 Å². The maximum Gasteiger partial charge on any atom is 0.245 e. The summed E-state index contributed by atoms with van der Waals surface area (Å²) in [6, 6.07) is 17.2. The lowest BCUT2D eigenvalue weighted by Crippen LogP contribution is -2.38. The largest absolute Gasteiger partial charge is 0.340 e. The smallest absolute Gasteiger partial charge is 0.245 e. The van der Waals surface area contributed by atoms with Crippen molar-refractivity contribution in [1.29, 1.82) is 0 Å². The summed E-state index contributed by atoms with van der Waals surface area (Å²) in [7, 11) is -4.06. The Morgan fingerprint density at radius 1 is 0.886 bits per heavy atom. The van der Waals surface area contributed by atoms with E-state index >= 15 is 0 Å². The van der Waals surface area contributed by atoms with Crippen molar-refractivity contribution >= 4 is 20.9 Å². The SMILES string of the molecule is Cc1c(C2CCN(S(=O)(=O)c3ccc(F)cc3F)CC2)c2ccccc2n1Cc1cccc(F)c1. The lowest BCUT2D eigenvalue weighted by molar-refractivity contribution is 0.318. The van der Waals surface area contributed by atoms with E-state index in [-0.39, 0.29) is 24.8 Å². The second-order valence-electron chi connectivity index (χ2n) is 8.99. The summed E-state index contributed by atoms with van der Waals surface area (Å²) < 4.78 is 70.7. The highest BCUT2D eigenvalue weighted by molar-refractivity contribution is 7.89. The molecule has 35 heavy (non-hydrogen) atoms. The van der Waals surface area contributed by atoms with Gasteiger partial charge in [0.25, 0.3) is 0 Å². The molecule has 4 aromatic rings. The summed E-state index contributed by atoms with van der Waals surface area (Å²) >= 11 is 0. The van der Waals surface area contributed by atoms with E-state index in [1.165, 1.54) is 22.0 Å². The van der Waals surface area contributed by atoms with E-state index in [1.54, 1.807) is 6.07 Å². The molecule has 0 aliphatic carbocycles. The van der Waals surface area contributed by atoms with E-state index in [9.17, 15) is 21.6 Å². The van der Waals surface area contributed by atoms with Crippen molar-refractivity contribution in [1.82, 2.24) is 8.87 Å². The number of fused-ring (bicyclic) bond motifs is 1. The van der Waals surface area contributed by atoms with Crippen LogP contribution in [0.5, 0.6) is 0 Å². The number of piperidine rings is 1. The van der Waals surface area contributed by atoms with Gasteiger partial charge in [-0.25, -0.2) is 21.6 Å². The zero-order chi connectivity index (χ0) is 24.7.